The highest BCUT2D eigenvalue weighted by Crippen LogP contribution is 2.25. The van der Waals surface area contributed by atoms with Crippen molar-refractivity contribution in [3.8, 4) is 0 Å². The van der Waals surface area contributed by atoms with Crippen LogP contribution >= 0.6 is 11.3 Å². The molecule has 2 N–H and O–H groups in total. The van der Waals surface area contributed by atoms with E-state index < -0.39 is 0 Å². The lowest BCUT2D eigenvalue weighted by atomic mass is 10.3. The normalized spacial score (nSPS) is 13.0. The van der Waals surface area contributed by atoms with Crippen LogP contribution < -0.4 is 10.6 Å². The third-order valence-electron chi connectivity index (χ3n) is 2.19. The van der Waals surface area contributed by atoms with Gasteiger partial charge >= 0.3 is 0 Å². The van der Waals surface area contributed by atoms with Gasteiger partial charge in [-0.25, -0.2) is 9.97 Å². The highest BCUT2D eigenvalue weighted by molar-refractivity contribution is 7.16. The maximum absolute atomic E-state index is 5.77. The van der Waals surface area contributed by atoms with E-state index >= 15 is 0 Å². The maximum atomic E-state index is 5.77. The monoisotopic (exact) mass is 222 g/mol. The molecule has 0 aliphatic carbocycles. The molecule has 2 aromatic rings. The highest BCUT2D eigenvalue weighted by atomic mass is 32.1. The second kappa shape index (κ2) is 4.12. The van der Waals surface area contributed by atoms with Crippen molar-refractivity contribution in [3.63, 3.8) is 0 Å². The molecule has 2 rings (SSSR count). The number of thiazole rings is 1. The number of anilines is 1. The molecule has 4 nitrogen and oxygen atoms in total. The maximum Gasteiger partial charge on any atom is 0.145 e. The Labute approximate surface area is 92.8 Å². The van der Waals surface area contributed by atoms with E-state index in [-0.39, 0.29) is 6.04 Å². The molecule has 0 bridgehead atoms. The Kier molecular flexibility index (Phi) is 2.83. The molecule has 15 heavy (non-hydrogen) atoms. The number of fused-ring (bicyclic) bond motifs is 1. The Balaban J connectivity index is 2.38. The van der Waals surface area contributed by atoms with Crippen molar-refractivity contribution < 1.29 is 0 Å². The van der Waals surface area contributed by atoms with Crippen molar-refractivity contribution in [2.75, 3.05) is 18.5 Å². The largest absolute Gasteiger partial charge is 0.371 e. The number of pyridine rings is 1. The first-order valence-corrected chi connectivity index (χ1v) is 5.71. The zero-order valence-corrected chi connectivity index (χ0v) is 9.66. The Morgan fingerprint density at radius 3 is 3.07 bits per heavy atom. The van der Waals surface area contributed by atoms with Gasteiger partial charge in [-0.05, 0) is 13.0 Å². The van der Waals surface area contributed by atoms with Gasteiger partial charge in [0.1, 0.15) is 10.3 Å². The Morgan fingerprint density at radius 2 is 2.33 bits per heavy atom. The molecule has 0 saturated carbocycles. The summed E-state index contributed by atoms with van der Waals surface area (Å²) in [5.41, 5.74) is 9.65. The van der Waals surface area contributed by atoms with Crippen LogP contribution in [-0.2, 0) is 0 Å². The first kappa shape index (κ1) is 10.3. The molecule has 0 radical (unpaired) electrons. The van der Waals surface area contributed by atoms with Gasteiger partial charge in [-0.15, -0.1) is 11.3 Å². The van der Waals surface area contributed by atoms with E-state index in [2.05, 4.69) is 14.9 Å². The number of rotatable bonds is 3. The van der Waals surface area contributed by atoms with Gasteiger partial charge in [0.05, 0.1) is 11.2 Å². The summed E-state index contributed by atoms with van der Waals surface area (Å²) in [6.45, 7) is 2.81. The van der Waals surface area contributed by atoms with Gasteiger partial charge in [0.25, 0.3) is 0 Å². The van der Waals surface area contributed by atoms with E-state index in [1.54, 1.807) is 11.3 Å². The fourth-order valence-electron chi connectivity index (χ4n) is 1.60. The van der Waals surface area contributed by atoms with Crippen LogP contribution in [0.1, 0.15) is 6.92 Å². The number of likely N-dealkylation sites (N-methyl/N-ethyl adjacent to an activating group) is 1. The van der Waals surface area contributed by atoms with Gasteiger partial charge in [-0.2, -0.15) is 0 Å². The van der Waals surface area contributed by atoms with Gasteiger partial charge < -0.3 is 10.6 Å². The summed E-state index contributed by atoms with van der Waals surface area (Å²) in [5.74, 6) is 0. The molecule has 0 aromatic carbocycles. The zero-order chi connectivity index (χ0) is 10.8. The summed E-state index contributed by atoms with van der Waals surface area (Å²) in [4.78, 5) is 11.7. The number of aromatic nitrogens is 2. The Morgan fingerprint density at radius 1 is 1.53 bits per heavy atom. The summed E-state index contributed by atoms with van der Waals surface area (Å²) in [6.07, 6.45) is 1.81. The smallest absolute Gasteiger partial charge is 0.145 e. The molecule has 0 aliphatic heterocycles. The molecule has 0 aliphatic rings. The minimum absolute atomic E-state index is 0.150. The van der Waals surface area contributed by atoms with Crippen LogP contribution in [0.5, 0.6) is 0 Å². The molecule has 1 atom stereocenters. The molecule has 0 saturated heterocycles. The van der Waals surface area contributed by atoms with Crippen molar-refractivity contribution in [2.45, 2.75) is 13.0 Å². The van der Waals surface area contributed by atoms with Crippen molar-refractivity contribution in [1.29, 1.82) is 0 Å². The molecule has 0 fully saturated rings. The van der Waals surface area contributed by atoms with Crippen LogP contribution in [0.2, 0.25) is 0 Å². The number of nitrogens with zero attached hydrogens (tertiary/aromatic N) is 3. The fourth-order valence-corrected chi connectivity index (χ4v) is 2.25. The second-order valence-corrected chi connectivity index (χ2v) is 4.53. The Bertz CT molecular complexity index is 451. The number of hydrogen-bond acceptors (Lipinski definition) is 5. The SMILES string of the molecule is CC(N)CN(C)c1ccnc2scnc12. The number of nitrogens with two attached hydrogens (primary N) is 1. The molecule has 0 spiro atoms. The van der Waals surface area contributed by atoms with Crippen molar-refractivity contribution in [2.24, 2.45) is 5.73 Å². The summed E-state index contributed by atoms with van der Waals surface area (Å²) >= 11 is 1.56. The molecule has 5 heteroatoms. The van der Waals surface area contributed by atoms with E-state index in [1.807, 2.05) is 31.7 Å². The minimum Gasteiger partial charge on any atom is -0.371 e. The lowest BCUT2D eigenvalue weighted by molar-refractivity contribution is 0.718. The standard InChI is InChI=1S/C10H14N4S/c1-7(11)5-14(2)8-3-4-12-10-9(8)13-6-15-10/h3-4,6-7H,5,11H2,1-2H3. The fraction of sp³-hybridized carbons (Fsp3) is 0.400. The molecule has 1 unspecified atom stereocenters. The van der Waals surface area contributed by atoms with Crippen molar-refractivity contribution in [3.05, 3.63) is 17.8 Å². The third-order valence-corrected chi connectivity index (χ3v) is 2.92. The lowest BCUT2D eigenvalue weighted by Gasteiger charge is -2.21. The molecule has 0 amide bonds. The van der Waals surface area contributed by atoms with Gasteiger partial charge in [-0.3, -0.25) is 0 Å². The molecular weight excluding hydrogens is 208 g/mol. The quantitative estimate of drug-likeness (QED) is 0.854. The minimum atomic E-state index is 0.150. The van der Waals surface area contributed by atoms with Crippen LogP contribution in [-0.4, -0.2) is 29.6 Å². The van der Waals surface area contributed by atoms with E-state index in [1.165, 1.54) is 0 Å². The summed E-state index contributed by atoms with van der Waals surface area (Å²) in [5, 5.41) is 0. The van der Waals surface area contributed by atoms with Gasteiger partial charge in [0, 0.05) is 25.8 Å². The zero-order valence-electron chi connectivity index (χ0n) is 8.84. The predicted molar refractivity (Wildman–Crippen MR) is 64.3 cm³/mol. The van der Waals surface area contributed by atoms with E-state index in [4.69, 9.17) is 5.73 Å². The third kappa shape index (κ3) is 2.08. The van der Waals surface area contributed by atoms with E-state index in [0.29, 0.717) is 0 Å². The summed E-state index contributed by atoms with van der Waals surface area (Å²) in [7, 11) is 2.03. The summed E-state index contributed by atoms with van der Waals surface area (Å²) in [6, 6.07) is 2.13. The first-order chi connectivity index (χ1) is 7.18. The van der Waals surface area contributed by atoms with Crippen molar-refractivity contribution in [1.82, 2.24) is 9.97 Å². The van der Waals surface area contributed by atoms with Crippen LogP contribution in [0.4, 0.5) is 5.69 Å². The van der Waals surface area contributed by atoms with Crippen LogP contribution in [0.3, 0.4) is 0 Å². The molecule has 2 heterocycles. The lowest BCUT2D eigenvalue weighted by Crippen LogP contribution is -2.32. The topological polar surface area (TPSA) is 55.0 Å². The van der Waals surface area contributed by atoms with E-state index in [0.717, 1.165) is 22.6 Å². The average molecular weight is 222 g/mol. The summed E-state index contributed by atoms with van der Waals surface area (Å²) < 4.78 is 0. The van der Waals surface area contributed by atoms with Gasteiger partial charge in [0.15, 0.2) is 0 Å². The van der Waals surface area contributed by atoms with Gasteiger partial charge in [0.2, 0.25) is 0 Å². The van der Waals surface area contributed by atoms with Gasteiger partial charge in [-0.1, -0.05) is 0 Å². The average Bonchev–Trinajstić information content (AvgIpc) is 2.63. The second-order valence-electron chi connectivity index (χ2n) is 3.69. The Hall–Kier alpha value is -1.20. The highest BCUT2D eigenvalue weighted by Gasteiger charge is 2.09. The van der Waals surface area contributed by atoms with Crippen molar-refractivity contribution >= 4 is 27.4 Å². The van der Waals surface area contributed by atoms with Crippen LogP contribution in [0, 0.1) is 0 Å². The predicted octanol–water partition coefficient (Wildman–Crippen LogP) is 1.47. The molecular formula is C10H14N4S. The number of hydrogen-bond donors (Lipinski definition) is 1. The van der Waals surface area contributed by atoms with Crippen LogP contribution in [0.25, 0.3) is 10.3 Å². The van der Waals surface area contributed by atoms with E-state index in [9.17, 15) is 0 Å². The first-order valence-electron chi connectivity index (χ1n) is 4.83. The molecule has 2 aromatic heterocycles. The molecule has 80 valence electrons. The van der Waals surface area contributed by atoms with Crippen LogP contribution in [0.15, 0.2) is 17.8 Å².